The van der Waals surface area contributed by atoms with Gasteiger partial charge in [0.25, 0.3) is 5.91 Å². The Hall–Kier alpha value is -3.50. The fourth-order valence-electron chi connectivity index (χ4n) is 4.71. The molecule has 36 heavy (non-hydrogen) atoms. The van der Waals surface area contributed by atoms with Crippen molar-refractivity contribution < 1.29 is 18.0 Å². The van der Waals surface area contributed by atoms with E-state index < -0.39 is 17.6 Å². The van der Waals surface area contributed by atoms with Gasteiger partial charge in [0.05, 0.1) is 23.6 Å². The Kier molecular flexibility index (Phi) is 6.63. The third-order valence-corrected chi connectivity index (χ3v) is 6.68. The van der Waals surface area contributed by atoms with Crippen molar-refractivity contribution in [3.8, 4) is 0 Å². The zero-order valence-electron chi connectivity index (χ0n) is 19.9. The molecule has 10 heteroatoms. The van der Waals surface area contributed by atoms with Crippen molar-refractivity contribution in [1.82, 2.24) is 19.8 Å². The first kappa shape index (κ1) is 24.2. The highest BCUT2D eigenvalue weighted by molar-refractivity contribution is 6.05. The lowest BCUT2D eigenvalue weighted by Gasteiger charge is -2.32. The van der Waals surface area contributed by atoms with Crippen LogP contribution in [-0.2, 0) is 19.1 Å². The molecule has 7 nitrogen and oxygen atoms in total. The number of nitrogens with one attached hydrogen (secondary N) is 1. The van der Waals surface area contributed by atoms with Gasteiger partial charge in [-0.25, -0.2) is 9.97 Å². The fraction of sp³-hybridized carbons (Fsp3) is 0.346. The Labute approximate surface area is 207 Å². The van der Waals surface area contributed by atoms with E-state index in [0.717, 1.165) is 62.1 Å². The number of hydrogen-bond acceptors (Lipinski definition) is 6. The van der Waals surface area contributed by atoms with Crippen molar-refractivity contribution in [2.45, 2.75) is 19.1 Å². The minimum Gasteiger partial charge on any atom is -0.338 e. The highest BCUT2D eigenvalue weighted by atomic mass is 19.4. The third-order valence-electron chi connectivity index (χ3n) is 6.68. The average molecular weight is 497 g/mol. The molecule has 2 aromatic carbocycles. The van der Waals surface area contributed by atoms with Gasteiger partial charge in [0, 0.05) is 56.2 Å². The van der Waals surface area contributed by atoms with E-state index in [9.17, 15) is 18.0 Å². The maximum atomic E-state index is 13.6. The molecular formula is C26H27F3N6O. The number of piperazine rings is 1. The predicted molar refractivity (Wildman–Crippen MR) is 131 cm³/mol. The Bertz CT molecular complexity index is 1240. The Morgan fingerprint density at radius 1 is 1.00 bits per heavy atom. The van der Waals surface area contributed by atoms with Crippen molar-refractivity contribution in [2.24, 2.45) is 0 Å². The lowest BCUT2D eigenvalue weighted by Crippen LogP contribution is -2.43. The van der Waals surface area contributed by atoms with E-state index in [2.05, 4.69) is 25.1 Å². The molecule has 1 aromatic heterocycles. The van der Waals surface area contributed by atoms with Crippen LogP contribution in [0.2, 0.25) is 0 Å². The van der Waals surface area contributed by atoms with Gasteiger partial charge < -0.3 is 15.1 Å². The van der Waals surface area contributed by atoms with Gasteiger partial charge in [-0.2, -0.15) is 13.2 Å². The van der Waals surface area contributed by atoms with E-state index >= 15 is 0 Å². The van der Waals surface area contributed by atoms with Crippen LogP contribution in [0.5, 0.6) is 0 Å². The number of benzene rings is 2. The third kappa shape index (κ3) is 5.34. The first-order valence-corrected chi connectivity index (χ1v) is 11.9. The highest BCUT2D eigenvalue weighted by Crippen LogP contribution is 2.35. The molecule has 0 unspecified atom stereocenters. The van der Waals surface area contributed by atoms with Crippen LogP contribution < -0.4 is 10.2 Å². The molecule has 0 aliphatic carbocycles. The van der Waals surface area contributed by atoms with E-state index in [-0.39, 0.29) is 5.69 Å². The number of rotatable bonds is 5. The number of carbonyl (C=O) groups excluding carboxylic acids is 1. The van der Waals surface area contributed by atoms with Crippen LogP contribution in [0, 0.1) is 0 Å². The molecule has 2 aliphatic rings. The van der Waals surface area contributed by atoms with Crippen LogP contribution in [0.3, 0.4) is 0 Å². The summed E-state index contributed by atoms with van der Waals surface area (Å²) in [5, 5.41) is 2.69. The van der Waals surface area contributed by atoms with Crippen molar-refractivity contribution >= 4 is 23.0 Å². The SMILES string of the molecule is CN1CCN(Cc2cc(NC(=O)c3ccc4c(c3)N(c3cncnc3)CC4)cc(C(F)(F)F)c2)CC1. The number of halogens is 3. The van der Waals surface area contributed by atoms with Gasteiger partial charge in [0.15, 0.2) is 0 Å². The molecule has 0 bridgehead atoms. The van der Waals surface area contributed by atoms with E-state index in [0.29, 0.717) is 17.7 Å². The second-order valence-corrected chi connectivity index (χ2v) is 9.29. The Morgan fingerprint density at radius 2 is 1.75 bits per heavy atom. The van der Waals surface area contributed by atoms with Crippen LogP contribution in [0.4, 0.5) is 30.2 Å². The van der Waals surface area contributed by atoms with E-state index in [1.165, 1.54) is 12.4 Å². The zero-order valence-corrected chi connectivity index (χ0v) is 19.9. The van der Waals surface area contributed by atoms with Crippen LogP contribution in [0.1, 0.15) is 27.0 Å². The second kappa shape index (κ2) is 9.87. The van der Waals surface area contributed by atoms with Gasteiger partial charge in [-0.15, -0.1) is 0 Å². The fourth-order valence-corrected chi connectivity index (χ4v) is 4.71. The number of anilines is 3. The number of nitrogens with zero attached hydrogens (tertiary/aromatic N) is 5. The van der Waals surface area contributed by atoms with Gasteiger partial charge in [-0.3, -0.25) is 9.69 Å². The zero-order chi connectivity index (χ0) is 25.3. The van der Waals surface area contributed by atoms with Crippen LogP contribution >= 0.6 is 0 Å². The summed E-state index contributed by atoms with van der Waals surface area (Å²) in [6, 6.07) is 9.16. The first-order chi connectivity index (χ1) is 17.3. The van der Waals surface area contributed by atoms with E-state index in [4.69, 9.17) is 0 Å². The molecule has 0 radical (unpaired) electrons. The highest BCUT2D eigenvalue weighted by Gasteiger charge is 2.32. The molecule has 0 saturated carbocycles. The van der Waals surface area contributed by atoms with Gasteiger partial charge in [-0.1, -0.05) is 6.07 Å². The number of aromatic nitrogens is 2. The standard InChI is InChI=1S/C26H27F3N6O/c1-33-6-8-34(9-7-33)16-18-10-21(26(27,28)29)13-22(11-18)32-25(36)20-3-2-19-4-5-35(24(19)12-20)23-14-30-17-31-15-23/h2-3,10-15,17H,4-9,16H2,1H3,(H,32,36). The van der Waals surface area contributed by atoms with Crippen molar-refractivity contribution in [2.75, 3.05) is 50.0 Å². The quantitative estimate of drug-likeness (QED) is 0.572. The molecule has 0 atom stereocenters. The smallest absolute Gasteiger partial charge is 0.338 e. The molecule has 3 aromatic rings. The monoisotopic (exact) mass is 496 g/mol. The summed E-state index contributed by atoms with van der Waals surface area (Å²) in [6.07, 6.45) is 1.18. The van der Waals surface area contributed by atoms with Crippen LogP contribution in [0.25, 0.3) is 0 Å². The number of likely N-dealkylation sites (N-methyl/N-ethyl adjacent to an activating group) is 1. The maximum absolute atomic E-state index is 13.6. The lowest BCUT2D eigenvalue weighted by molar-refractivity contribution is -0.137. The van der Waals surface area contributed by atoms with Crippen molar-refractivity contribution in [1.29, 1.82) is 0 Å². The molecule has 5 rings (SSSR count). The molecule has 188 valence electrons. The molecule has 1 fully saturated rings. The number of hydrogen-bond donors (Lipinski definition) is 1. The van der Waals surface area contributed by atoms with Crippen LogP contribution in [0.15, 0.2) is 55.1 Å². The summed E-state index contributed by atoms with van der Waals surface area (Å²) in [6.45, 7) is 4.43. The summed E-state index contributed by atoms with van der Waals surface area (Å²) in [5.74, 6) is -0.459. The number of amides is 1. The number of carbonyl (C=O) groups is 1. The summed E-state index contributed by atoms with van der Waals surface area (Å²) < 4.78 is 40.9. The first-order valence-electron chi connectivity index (χ1n) is 11.9. The predicted octanol–water partition coefficient (Wildman–Crippen LogP) is 4.19. The lowest BCUT2D eigenvalue weighted by atomic mass is 10.1. The topological polar surface area (TPSA) is 64.6 Å². The molecule has 1 N–H and O–H groups in total. The number of fused-ring (bicyclic) bond motifs is 1. The average Bonchev–Trinajstić information content (AvgIpc) is 3.29. The van der Waals surface area contributed by atoms with Crippen molar-refractivity contribution in [3.05, 3.63) is 77.4 Å². The molecule has 1 amide bonds. The van der Waals surface area contributed by atoms with Gasteiger partial charge >= 0.3 is 6.18 Å². The normalized spacial score (nSPS) is 16.7. The summed E-state index contributed by atoms with van der Waals surface area (Å²) in [7, 11) is 2.03. The number of alkyl halides is 3. The molecular weight excluding hydrogens is 469 g/mol. The van der Waals surface area contributed by atoms with Gasteiger partial charge in [0.2, 0.25) is 0 Å². The molecule has 2 aliphatic heterocycles. The largest absolute Gasteiger partial charge is 0.416 e. The maximum Gasteiger partial charge on any atom is 0.416 e. The van der Waals surface area contributed by atoms with Crippen LogP contribution in [-0.4, -0.2) is 65.4 Å². The summed E-state index contributed by atoms with van der Waals surface area (Å²) >= 11 is 0. The second-order valence-electron chi connectivity index (χ2n) is 9.29. The van der Waals surface area contributed by atoms with Gasteiger partial charge in [-0.05, 0) is 54.9 Å². The van der Waals surface area contributed by atoms with E-state index in [1.807, 2.05) is 18.0 Å². The van der Waals surface area contributed by atoms with E-state index in [1.54, 1.807) is 30.6 Å². The summed E-state index contributed by atoms with van der Waals surface area (Å²) in [5.41, 5.74) is 3.03. The molecule has 1 saturated heterocycles. The van der Waals surface area contributed by atoms with Crippen molar-refractivity contribution in [3.63, 3.8) is 0 Å². The summed E-state index contributed by atoms with van der Waals surface area (Å²) in [4.78, 5) is 27.6. The Morgan fingerprint density at radius 3 is 2.47 bits per heavy atom. The minimum absolute atomic E-state index is 0.132. The van der Waals surface area contributed by atoms with Gasteiger partial charge in [0.1, 0.15) is 6.33 Å². The molecule has 0 spiro atoms. The Balaban J connectivity index is 1.38. The molecule has 3 heterocycles. The minimum atomic E-state index is -4.51.